The zero-order chi connectivity index (χ0) is 9.78. The number of nitrogens with one attached hydrogen (secondary N) is 1. The van der Waals surface area contributed by atoms with E-state index in [9.17, 15) is 9.00 Å². The molecule has 2 unspecified atom stereocenters. The van der Waals surface area contributed by atoms with E-state index in [1.54, 1.807) is 6.92 Å². The van der Waals surface area contributed by atoms with Gasteiger partial charge in [-0.15, -0.1) is 0 Å². The van der Waals surface area contributed by atoms with Crippen LogP contribution in [-0.4, -0.2) is 25.6 Å². The van der Waals surface area contributed by atoms with Crippen molar-refractivity contribution in [2.45, 2.75) is 20.3 Å². The van der Waals surface area contributed by atoms with Gasteiger partial charge in [0.1, 0.15) is 0 Å². The molecular formula is C6H13NO4S. The summed E-state index contributed by atoms with van der Waals surface area (Å²) in [6.07, 6.45) is 0.395. The molecule has 0 aliphatic carbocycles. The Hall–Kier alpha value is -0.460. The van der Waals surface area contributed by atoms with Crippen molar-refractivity contribution in [1.82, 2.24) is 5.48 Å². The molecule has 0 rings (SSSR count). The number of carbonyl (C=O) groups is 1. The van der Waals surface area contributed by atoms with E-state index in [2.05, 4.69) is 0 Å². The standard InChI is InChI=1S/C6H13NO4S/c1-3-6(2,4-12(10)11)5(8)7-9/h9H,3-4H2,1-2H3,(H,7,8)(H,10,11). The number of hydrogen-bond donors (Lipinski definition) is 3. The van der Waals surface area contributed by atoms with E-state index in [4.69, 9.17) is 9.76 Å². The van der Waals surface area contributed by atoms with Crippen molar-refractivity contribution in [1.29, 1.82) is 0 Å². The molecule has 0 spiro atoms. The van der Waals surface area contributed by atoms with Crippen LogP contribution in [0.5, 0.6) is 0 Å². The molecule has 0 saturated heterocycles. The number of hydroxylamine groups is 1. The summed E-state index contributed by atoms with van der Waals surface area (Å²) < 4.78 is 19.0. The summed E-state index contributed by atoms with van der Waals surface area (Å²) in [7, 11) is 0. The second-order valence-corrected chi connectivity index (χ2v) is 3.75. The van der Waals surface area contributed by atoms with Gasteiger partial charge in [-0.25, -0.2) is 9.69 Å². The van der Waals surface area contributed by atoms with Gasteiger partial charge in [-0.05, 0) is 13.3 Å². The van der Waals surface area contributed by atoms with Crippen molar-refractivity contribution in [2.24, 2.45) is 5.41 Å². The minimum Gasteiger partial charge on any atom is -0.306 e. The SMILES string of the molecule is CCC(C)(CS(=O)O)C(=O)NO. The van der Waals surface area contributed by atoms with Gasteiger partial charge in [-0.1, -0.05) is 6.92 Å². The summed E-state index contributed by atoms with van der Waals surface area (Å²) in [5, 5.41) is 8.33. The highest BCUT2D eigenvalue weighted by Crippen LogP contribution is 2.21. The summed E-state index contributed by atoms with van der Waals surface area (Å²) in [4.78, 5) is 11.0. The van der Waals surface area contributed by atoms with Crippen LogP contribution in [0.4, 0.5) is 0 Å². The van der Waals surface area contributed by atoms with Crippen molar-refractivity contribution in [3.8, 4) is 0 Å². The Morgan fingerprint density at radius 2 is 2.17 bits per heavy atom. The third-order valence-corrected chi connectivity index (χ3v) is 2.76. The van der Waals surface area contributed by atoms with E-state index >= 15 is 0 Å². The Labute approximate surface area is 73.4 Å². The number of hydrogen-bond acceptors (Lipinski definition) is 3. The molecular weight excluding hydrogens is 182 g/mol. The highest BCUT2D eigenvalue weighted by Gasteiger charge is 2.32. The van der Waals surface area contributed by atoms with Gasteiger partial charge in [0.05, 0.1) is 11.2 Å². The summed E-state index contributed by atoms with van der Waals surface area (Å²) in [6, 6.07) is 0. The number of rotatable bonds is 4. The first kappa shape index (κ1) is 11.5. The van der Waals surface area contributed by atoms with Gasteiger partial charge in [0.25, 0.3) is 0 Å². The van der Waals surface area contributed by atoms with E-state index in [-0.39, 0.29) is 5.75 Å². The second kappa shape index (κ2) is 4.54. The second-order valence-electron chi connectivity index (χ2n) is 2.82. The van der Waals surface area contributed by atoms with Crippen LogP contribution in [0.25, 0.3) is 0 Å². The Morgan fingerprint density at radius 1 is 1.67 bits per heavy atom. The van der Waals surface area contributed by atoms with E-state index in [0.717, 1.165) is 0 Å². The predicted octanol–water partition coefficient (Wildman–Crippen LogP) is 0.130. The average Bonchev–Trinajstić information content (AvgIpc) is 2.01. The number of carbonyl (C=O) groups excluding carboxylic acids is 1. The Kier molecular flexibility index (Phi) is 4.36. The first-order valence-corrected chi connectivity index (χ1v) is 4.76. The van der Waals surface area contributed by atoms with Gasteiger partial charge in [0.15, 0.2) is 11.1 Å². The van der Waals surface area contributed by atoms with Gasteiger partial charge in [-0.3, -0.25) is 10.0 Å². The number of amides is 1. The van der Waals surface area contributed by atoms with Crippen molar-refractivity contribution in [3.63, 3.8) is 0 Å². The fraction of sp³-hybridized carbons (Fsp3) is 0.833. The minimum atomic E-state index is -2.03. The molecule has 0 aliphatic heterocycles. The average molecular weight is 195 g/mol. The van der Waals surface area contributed by atoms with Crippen molar-refractivity contribution in [3.05, 3.63) is 0 Å². The largest absolute Gasteiger partial charge is 0.306 e. The minimum absolute atomic E-state index is 0.171. The molecule has 0 aliphatic rings. The molecule has 0 heterocycles. The Morgan fingerprint density at radius 3 is 2.42 bits per heavy atom. The molecule has 0 aromatic rings. The smallest absolute Gasteiger partial charge is 0.250 e. The van der Waals surface area contributed by atoms with Gasteiger partial charge < -0.3 is 4.55 Å². The summed E-state index contributed by atoms with van der Waals surface area (Å²) >= 11 is -2.03. The molecule has 0 bridgehead atoms. The highest BCUT2D eigenvalue weighted by atomic mass is 32.2. The maximum absolute atomic E-state index is 11.0. The van der Waals surface area contributed by atoms with Crippen LogP contribution in [0.3, 0.4) is 0 Å². The molecule has 12 heavy (non-hydrogen) atoms. The molecule has 0 fully saturated rings. The first-order valence-electron chi connectivity index (χ1n) is 3.48. The first-order chi connectivity index (χ1) is 5.46. The molecule has 0 radical (unpaired) electrons. The molecule has 0 saturated carbocycles. The monoisotopic (exact) mass is 195 g/mol. The zero-order valence-corrected chi connectivity index (χ0v) is 7.85. The normalized spacial score (nSPS) is 18.0. The quantitative estimate of drug-likeness (QED) is 0.338. The lowest BCUT2D eigenvalue weighted by atomic mass is 9.89. The summed E-state index contributed by atoms with van der Waals surface area (Å²) in [6.45, 7) is 3.23. The van der Waals surface area contributed by atoms with Gasteiger partial charge in [0.2, 0.25) is 5.91 Å². The molecule has 3 N–H and O–H groups in total. The Balaban J connectivity index is 4.44. The van der Waals surface area contributed by atoms with E-state index in [1.807, 2.05) is 0 Å². The topological polar surface area (TPSA) is 86.6 Å². The maximum Gasteiger partial charge on any atom is 0.250 e. The van der Waals surface area contributed by atoms with Crippen molar-refractivity contribution in [2.75, 3.05) is 5.75 Å². The molecule has 0 aromatic heterocycles. The maximum atomic E-state index is 11.0. The van der Waals surface area contributed by atoms with E-state index < -0.39 is 22.4 Å². The lowest BCUT2D eigenvalue weighted by Gasteiger charge is -2.22. The summed E-state index contributed by atoms with van der Waals surface area (Å²) in [5.41, 5.74) is 0.500. The van der Waals surface area contributed by atoms with Crippen molar-refractivity contribution < 1.29 is 18.8 Å². The third-order valence-electron chi connectivity index (χ3n) is 1.87. The van der Waals surface area contributed by atoms with E-state index in [0.29, 0.717) is 6.42 Å². The lowest BCUT2D eigenvalue weighted by molar-refractivity contribution is -0.137. The van der Waals surface area contributed by atoms with Crippen LogP contribution in [0, 0.1) is 5.41 Å². The molecule has 6 heteroatoms. The van der Waals surface area contributed by atoms with Gasteiger partial charge in [-0.2, -0.15) is 0 Å². The third kappa shape index (κ3) is 2.88. The lowest BCUT2D eigenvalue weighted by Crippen LogP contribution is -2.40. The van der Waals surface area contributed by atoms with Gasteiger partial charge >= 0.3 is 0 Å². The van der Waals surface area contributed by atoms with Crippen LogP contribution in [0.1, 0.15) is 20.3 Å². The van der Waals surface area contributed by atoms with Crippen LogP contribution in [0.15, 0.2) is 0 Å². The molecule has 0 aromatic carbocycles. The fourth-order valence-corrected chi connectivity index (χ4v) is 1.62. The van der Waals surface area contributed by atoms with Crippen LogP contribution >= 0.6 is 0 Å². The molecule has 72 valence electrons. The highest BCUT2D eigenvalue weighted by molar-refractivity contribution is 7.79. The van der Waals surface area contributed by atoms with Crippen LogP contribution < -0.4 is 5.48 Å². The van der Waals surface area contributed by atoms with Crippen molar-refractivity contribution >= 4 is 17.0 Å². The molecule has 2 atom stereocenters. The van der Waals surface area contributed by atoms with E-state index in [1.165, 1.54) is 12.4 Å². The van der Waals surface area contributed by atoms with Crippen LogP contribution in [0.2, 0.25) is 0 Å². The Bertz CT molecular complexity index is 196. The van der Waals surface area contributed by atoms with Crippen LogP contribution in [-0.2, 0) is 15.9 Å². The molecule has 1 amide bonds. The van der Waals surface area contributed by atoms with Gasteiger partial charge in [0, 0.05) is 0 Å². The predicted molar refractivity (Wildman–Crippen MR) is 44.0 cm³/mol. The fourth-order valence-electron chi connectivity index (χ4n) is 0.736. The summed E-state index contributed by atoms with van der Waals surface area (Å²) in [5.74, 6) is -0.803. The molecule has 5 nitrogen and oxygen atoms in total. The zero-order valence-electron chi connectivity index (χ0n) is 7.03.